The Bertz CT molecular complexity index is 1430. The van der Waals surface area contributed by atoms with E-state index < -0.39 is 0 Å². The molecule has 0 fully saturated rings. The first-order valence-corrected chi connectivity index (χ1v) is 12.1. The number of anilines is 1. The molecule has 3 aromatic carbocycles. The number of nitrogens with one attached hydrogen (secondary N) is 1. The molecule has 1 aliphatic rings. The van der Waals surface area contributed by atoms with Crippen molar-refractivity contribution in [2.24, 2.45) is 0 Å². The maximum atomic E-state index is 5.89. The molecule has 176 valence electrons. The molecule has 0 amide bonds. The molecule has 1 aliphatic heterocycles. The van der Waals surface area contributed by atoms with Crippen molar-refractivity contribution in [3.05, 3.63) is 106 Å². The van der Waals surface area contributed by atoms with Gasteiger partial charge in [0.2, 0.25) is 5.82 Å². The zero-order valence-electron chi connectivity index (χ0n) is 20.6. The number of nitrogens with zero attached hydrogens (tertiary/aromatic N) is 3. The summed E-state index contributed by atoms with van der Waals surface area (Å²) in [5.74, 6) is 1.05. The van der Waals surface area contributed by atoms with Gasteiger partial charge < -0.3 is 9.84 Å². The molecule has 0 radical (unpaired) electrons. The van der Waals surface area contributed by atoms with Gasteiger partial charge in [-0.2, -0.15) is 4.98 Å². The molecule has 1 aromatic heterocycles. The van der Waals surface area contributed by atoms with Crippen molar-refractivity contribution in [3.8, 4) is 11.4 Å². The van der Waals surface area contributed by atoms with Crippen LogP contribution in [0.15, 0.2) is 77.0 Å². The summed E-state index contributed by atoms with van der Waals surface area (Å²) in [4.78, 5) is 6.89. The Kier molecular flexibility index (Phi) is 5.99. The number of aromatic nitrogens is 2. The Hall–Kier alpha value is -3.77. The van der Waals surface area contributed by atoms with Gasteiger partial charge in [-0.25, -0.2) is 0 Å². The molecule has 1 atom stereocenters. The van der Waals surface area contributed by atoms with Crippen LogP contribution in [0.5, 0.6) is 0 Å². The third-order valence-electron chi connectivity index (χ3n) is 6.29. The molecular weight excluding hydrogens is 452 g/mol. The summed E-state index contributed by atoms with van der Waals surface area (Å²) in [6.45, 7) is 10.4. The maximum Gasteiger partial charge on any atom is 0.258 e. The average Bonchev–Trinajstić information content (AvgIpc) is 3.28. The standard InChI is InChI=1S/C29H28N4OS/c1-17-9-11-22(12-10-17)26-25(28-31-27(32-34-28)23-8-6-7-18(2)14-23)21(5)33(29(35)30-26)24-15-19(3)13-20(4)16-24/h6-16,26H,1-5H3,(H,30,35). The van der Waals surface area contributed by atoms with Crippen LogP contribution in [0.2, 0.25) is 0 Å². The molecule has 1 N–H and O–H groups in total. The third-order valence-corrected chi connectivity index (χ3v) is 6.59. The van der Waals surface area contributed by atoms with Gasteiger partial charge in [0.25, 0.3) is 5.89 Å². The average molecular weight is 481 g/mol. The van der Waals surface area contributed by atoms with E-state index in [9.17, 15) is 0 Å². The molecule has 0 bridgehead atoms. The van der Waals surface area contributed by atoms with Gasteiger partial charge in [-0.3, -0.25) is 4.90 Å². The van der Waals surface area contributed by atoms with E-state index in [1.807, 2.05) is 12.1 Å². The van der Waals surface area contributed by atoms with Crippen molar-refractivity contribution < 1.29 is 4.52 Å². The Labute approximate surface area is 211 Å². The highest BCUT2D eigenvalue weighted by Crippen LogP contribution is 2.39. The summed E-state index contributed by atoms with van der Waals surface area (Å²) < 4.78 is 5.88. The molecule has 0 spiro atoms. The number of allylic oxidation sites excluding steroid dienone is 1. The highest BCUT2D eigenvalue weighted by molar-refractivity contribution is 7.80. The number of benzene rings is 3. The van der Waals surface area contributed by atoms with Crippen molar-refractivity contribution in [1.82, 2.24) is 15.5 Å². The second-order valence-electron chi connectivity index (χ2n) is 9.27. The molecule has 5 nitrogen and oxygen atoms in total. The lowest BCUT2D eigenvalue weighted by atomic mass is 9.94. The van der Waals surface area contributed by atoms with E-state index >= 15 is 0 Å². The van der Waals surface area contributed by atoms with E-state index in [0.29, 0.717) is 16.8 Å². The molecular formula is C29H28N4OS. The molecule has 4 aromatic rings. The van der Waals surface area contributed by atoms with Crippen LogP contribution in [0.3, 0.4) is 0 Å². The lowest BCUT2D eigenvalue weighted by Crippen LogP contribution is -2.46. The van der Waals surface area contributed by atoms with Gasteiger partial charge in [-0.15, -0.1) is 0 Å². The van der Waals surface area contributed by atoms with Gasteiger partial charge in [0, 0.05) is 16.9 Å². The van der Waals surface area contributed by atoms with Crippen LogP contribution in [0, 0.1) is 27.7 Å². The number of rotatable bonds is 4. The van der Waals surface area contributed by atoms with Crippen LogP contribution in [0.1, 0.15) is 46.7 Å². The van der Waals surface area contributed by atoms with Crippen LogP contribution in [0.25, 0.3) is 17.0 Å². The largest absolute Gasteiger partial charge is 0.351 e. The van der Waals surface area contributed by atoms with Crippen LogP contribution >= 0.6 is 12.2 Å². The SMILES string of the molecule is CC1=C(c2nc(-c3cccc(C)c3)no2)C(c2ccc(C)cc2)NC(=S)N1c1cc(C)cc(C)c1. The second kappa shape index (κ2) is 9.12. The lowest BCUT2D eigenvalue weighted by molar-refractivity contribution is 0.404. The fraction of sp³-hybridized carbons (Fsp3) is 0.207. The summed E-state index contributed by atoms with van der Waals surface area (Å²) in [6, 6.07) is 22.8. The molecule has 6 heteroatoms. The minimum atomic E-state index is -0.212. The molecule has 35 heavy (non-hydrogen) atoms. The maximum absolute atomic E-state index is 5.89. The van der Waals surface area contributed by atoms with Gasteiger partial charge in [0.1, 0.15) is 0 Å². The smallest absolute Gasteiger partial charge is 0.258 e. The minimum Gasteiger partial charge on any atom is -0.351 e. The molecule has 5 rings (SSSR count). The van der Waals surface area contributed by atoms with Crippen LogP contribution in [-0.2, 0) is 0 Å². The predicted molar refractivity (Wildman–Crippen MR) is 145 cm³/mol. The van der Waals surface area contributed by atoms with E-state index in [4.69, 9.17) is 21.7 Å². The summed E-state index contributed by atoms with van der Waals surface area (Å²) >= 11 is 5.89. The minimum absolute atomic E-state index is 0.212. The monoisotopic (exact) mass is 480 g/mol. The highest BCUT2D eigenvalue weighted by Gasteiger charge is 2.34. The van der Waals surface area contributed by atoms with E-state index in [2.05, 4.69) is 105 Å². The Balaban J connectivity index is 1.67. The Morgan fingerprint density at radius 1 is 0.829 bits per heavy atom. The van der Waals surface area contributed by atoms with Crippen molar-refractivity contribution in [1.29, 1.82) is 0 Å². The van der Waals surface area contributed by atoms with E-state index in [1.54, 1.807) is 0 Å². The number of hydrogen-bond acceptors (Lipinski definition) is 4. The Morgan fingerprint density at radius 3 is 2.23 bits per heavy atom. The first-order chi connectivity index (χ1) is 16.8. The van der Waals surface area contributed by atoms with Crippen molar-refractivity contribution in [2.45, 2.75) is 40.7 Å². The van der Waals surface area contributed by atoms with Crippen LogP contribution in [-0.4, -0.2) is 15.3 Å². The fourth-order valence-corrected chi connectivity index (χ4v) is 5.01. The fourth-order valence-electron chi connectivity index (χ4n) is 4.65. The van der Waals surface area contributed by atoms with Gasteiger partial charge in [-0.05, 0) is 81.7 Å². The summed E-state index contributed by atoms with van der Waals surface area (Å²) in [5, 5.41) is 8.51. The van der Waals surface area contributed by atoms with Gasteiger partial charge in [0.05, 0.1) is 11.6 Å². The van der Waals surface area contributed by atoms with Crippen molar-refractivity contribution in [2.75, 3.05) is 4.90 Å². The first-order valence-electron chi connectivity index (χ1n) is 11.7. The molecule has 0 aliphatic carbocycles. The molecule has 2 heterocycles. The summed E-state index contributed by atoms with van der Waals surface area (Å²) in [7, 11) is 0. The Morgan fingerprint density at radius 2 is 1.54 bits per heavy atom. The summed E-state index contributed by atoms with van der Waals surface area (Å²) in [5.41, 5.74) is 9.60. The first kappa shape index (κ1) is 23.0. The highest BCUT2D eigenvalue weighted by atomic mass is 32.1. The van der Waals surface area contributed by atoms with Gasteiger partial charge in [-0.1, -0.05) is 64.8 Å². The molecule has 1 unspecified atom stereocenters. The quantitative estimate of drug-likeness (QED) is 0.323. The zero-order valence-corrected chi connectivity index (χ0v) is 21.4. The zero-order chi connectivity index (χ0) is 24.7. The third kappa shape index (κ3) is 4.49. The van der Waals surface area contributed by atoms with Crippen molar-refractivity contribution >= 4 is 28.6 Å². The van der Waals surface area contributed by atoms with Gasteiger partial charge in [0.15, 0.2) is 5.11 Å². The van der Waals surface area contributed by atoms with Crippen LogP contribution < -0.4 is 10.2 Å². The second-order valence-corrected chi connectivity index (χ2v) is 9.65. The van der Waals surface area contributed by atoms with E-state index in [1.165, 1.54) is 16.7 Å². The number of hydrogen-bond donors (Lipinski definition) is 1. The summed E-state index contributed by atoms with van der Waals surface area (Å²) in [6.07, 6.45) is 0. The normalized spacial score (nSPS) is 16.0. The van der Waals surface area contributed by atoms with Gasteiger partial charge >= 0.3 is 0 Å². The lowest BCUT2D eigenvalue weighted by Gasteiger charge is -2.37. The van der Waals surface area contributed by atoms with Crippen molar-refractivity contribution in [3.63, 3.8) is 0 Å². The van der Waals surface area contributed by atoms with Crippen LogP contribution in [0.4, 0.5) is 5.69 Å². The molecule has 0 saturated carbocycles. The van der Waals surface area contributed by atoms with E-state index in [-0.39, 0.29) is 6.04 Å². The molecule has 0 saturated heterocycles. The predicted octanol–water partition coefficient (Wildman–Crippen LogP) is 6.84. The van der Waals surface area contributed by atoms with E-state index in [0.717, 1.165) is 33.6 Å². The number of aryl methyl sites for hydroxylation is 4. The number of thiocarbonyl (C=S) groups is 1. The topological polar surface area (TPSA) is 54.2 Å².